The van der Waals surface area contributed by atoms with Crippen molar-refractivity contribution in [2.75, 3.05) is 5.32 Å². The van der Waals surface area contributed by atoms with Crippen LogP contribution in [-0.4, -0.2) is 20.4 Å². The summed E-state index contributed by atoms with van der Waals surface area (Å²) in [6.45, 7) is 2.54. The van der Waals surface area contributed by atoms with E-state index in [9.17, 15) is 22.4 Å². The molecule has 3 aromatic rings. The Kier molecular flexibility index (Phi) is 4.62. The third-order valence-electron chi connectivity index (χ3n) is 3.84. The Labute approximate surface area is 145 Å². The normalized spacial score (nSPS) is 11.7. The first-order chi connectivity index (χ1) is 12.3. The molecule has 5 nitrogen and oxygen atoms in total. The van der Waals surface area contributed by atoms with Gasteiger partial charge in [-0.3, -0.25) is 4.79 Å². The number of alkyl halides is 3. The van der Waals surface area contributed by atoms with Crippen LogP contribution in [0.5, 0.6) is 0 Å². The molecule has 0 fully saturated rings. The zero-order valence-electron chi connectivity index (χ0n) is 13.6. The summed E-state index contributed by atoms with van der Waals surface area (Å²) < 4.78 is 53.4. The number of halogens is 4. The van der Waals surface area contributed by atoms with Crippen molar-refractivity contribution in [1.29, 1.82) is 0 Å². The number of nitrogens with zero attached hydrogens (tertiary/aromatic N) is 3. The number of anilines is 1. The molecule has 0 spiro atoms. The van der Waals surface area contributed by atoms with Crippen molar-refractivity contribution >= 4 is 22.6 Å². The van der Waals surface area contributed by atoms with Crippen LogP contribution >= 0.6 is 0 Å². The average Bonchev–Trinajstić information content (AvgIpc) is 2.91. The summed E-state index contributed by atoms with van der Waals surface area (Å²) in [5.74, 6) is -1.24. The van der Waals surface area contributed by atoms with Crippen molar-refractivity contribution in [2.45, 2.75) is 26.1 Å². The quantitative estimate of drug-likeness (QED) is 0.715. The number of amides is 1. The zero-order chi connectivity index (χ0) is 18.9. The lowest BCUT2D eigenvalue weighted by molar-refractivity contribution is -0.141. The summed E-state index contributed by atoms with van der Waals surface area (Å²) in [7, 11) is 0. The smallest absolute Gasteiger partial charge is 0.347 e. The van der Waals surface area contributed by atoms with Crippen LogP contribution in [0.4, 0.5) is 23.4 Å². The molecule has 0 bridgehead atoms. The second kappa shape index (κ2) is 6.74. The largest absolute Gasteiger partial charge is 0.433 e. The van der Waals surface area contributed by atoms with Gasteiger partial charge in [-0.1, -0.05) is 0 Å². The first-order valence-electron chi connectivity index (χ1n) is 7.74. The van der Waals surface area contributed by atoms with Gasteiger partial charge in [-0.2, -0.15) is 13.2 Å². The van der Waals surface area contributed by atoms with Crippen LogP contribution in [0.2, 0.25) is 0 Å². The molecule has 0 saturated carbocycles. The van der Waals surface area contributed by atoms with Crippen LogP contribution in [0.3, 0.4) is 0 Å². The summed E-state index contributed by atoms with van der Waals surface area (Å²) in [6, 6.07) is 4.94. The Balaban J connectivity index is 1.83. The molecule has 0 aliphatic carbocycles. The van der Waals surface area contributed by atoms with E-state index in [1.807, 2.05) is 11.5 Å². The van der Waals surface area contributed by atoms with Gasteiger partial charge in [0.25, 0.3) is 0 Å². The fraction of sp³-hybridized carbons (Fsp3) is 0.235. The lowest BCUT2D eigenvalue weighted by Crippen LogP contribution is -2.17. The number of aryl methyl sites for hydroxylation is 1. The zero-order valence-corrected chi connectivity index (χ0v) is 13.6. The van der Waals surface area contributed by atoms with Crippen molar-refractivity contribution in [3.8, 4) is 0 Å². The Morgan fingerprint density at radius 3 is 2.69 bits per heavy atom. The monoisotopic (exact) mass is 366 g/mol. The van der Waals surface area contributed by atoms with Gasteiger partial charge in [0.15, 0.2) is 0 Å². The number of fused-ring (bicyclic) bond motifs is 1. The fourth-order valence-electron chi connectivity index (χ4n) is 2.69. The third-order valence-corrected chi connectivity index (χ3v) is 3.84. The van der Waals surface area contributed by atoms with E-state index in [2.05, 4.69) is 15.3 Å². The topological polar surface area (TPSA) is 59.8 Å². The molecule has 0 atom stereocenters. The van der Waals surface area contributed by atoms with E-state index in [4.69, 9.17) is 0 Å². The first kappa shape index (κ1) is 17.8. The number of nitrogens with one attached hydrogen (secondary N) is 1. The molecule has 0 aliphatic rings. The van der Waals surface area contributed by atoms with Gasteiger partial charge in [0, 0.05) is 29.7 Å². The minimum Gasteiger partial charge on any atom is -0.347 e. The van der Waals surface area contributed by atoms with E-state index in [1.165, 1.54) is 12.1 Å². The summed E-state index contributed by atoms with van der Waals surface area (Å²) >= 11 is 0. The second-order valence-corrected chi connectivity index (χ2v) is 5.61. The molecule has 0 radical (unpaired) electrons. The Bertz CT molecular complexity index is 965. The highest BCUT2D eigenvalue weighted by Gasteiger charge is 2.33. The van der Waals surface area contributed by atoms with Crippen LogP contribution in [0.1, 0.15) is 18.2 Å². The molecule has 0 unspecified atom stereocenters. The highest BCUT2D eigenvalue weighted by Crippen LogP contribution is 2.28. The second-order valence-electron chi connectivity index (χ2n) is 5.61. The van der Waals surface area contributed by atoms with E-state index in [0.29, 0.717) is 23.6 Å². The van der Waals surface area contributed by atoms with Gasteiger partial charge in [0.2, 0.25) is 5.91 Å². The minimum atomic E-state index is -4.63. The molecule has 9 heteroatoms. The number of carbonyl (C=O) groups excluding carboxylic acids is 1. The van der Waals surface area contributed by atoms with Gasteiger partial charge in [0.05, 0.1) is 6.42 Å². The molecule has 136 valence electrons. The predicted molar refractivity (Wildman–Crippen MR) is 86.9 cm³/mol. The van der Waals surface area contributed by atoms with E-state index in [-0.39, 0.29) is 12.2 Å². The molecule has 2 heterocycles. The number of carbonyl (C=O) groups is 1. The standard InChI is InChI=1S/C17H14F4N4O/c1-2-25-8-10(12-6-11(18)3-4-13(12)25)5-16(26)24-15-7-14(17(19,20)21)22-9-23-15/h3-4,6-9H,2,5H2,1H3,(H,22,23,24,26). The molecule has 0 saturated heterocycles. The SMILES string of the molecule is CCn1cc(CC(=O)Nc2cc(C(F)(F)F)ncn2)c2cc(F)ccc21. The van der Waals surface area contributed by atoms with E-state index >= 15 is 0 Å². The number of hydrogen-bond donors (Lipinski definition) is 1. The molecular weight excluding hydrogens is 352 g/mol. The molecule has 1 N–H and O–H groups in total. The summed E-state index contributed by atoms with van der Waals surface area (Å²) in [4.78, 5) is 19.0. The van der Waals surface area contributed by atoms with Gasteiger partial charge >= 0.3 is 6.18 Å². The fourth-order valence-corrected chi connectivity index (χ4v) is 2.69. The van der Waals surface area contributed by atoms with Crippen molar-refractivity contribution in [2.24, 2.45) is 0 Å². The highest BCUT2D eigenvalue weighted by molar-refractivity contribution is 5.95. The number of rotatable bonds is 4. The van der Waals surface area contributed by atoms with Crippen LogP contribution in [0, 0.1) is 5.82 Å². The first-order valence-corrected chi connectivity index (χ1v) is 7.74. The van der Waals surface area contributed by atoms with E-state index in [0.717, 1.165) is 11.8 Å². The Morgan fingerprint density at radius 1 is 1.23 bits per heavy atom. The Hall–Kier alpha value is -2.97. The van der Waals surface area contributed by atoms with Crippen molar-refractivity contribution in [1.82, 2.24) is 14.5 Å². The van der Waals surface area contributed by atoms with Gasteiger partial charge < -0.3 is 9.88 Å². The van der Waals surface area contributed by atoms with Crippen molar-refractivity contribution in [3.05, 3.63) is 53.9 Å². The molecule has 26 heavy (non-hydrogen) atoms. The lowest BCUT2D eigenvalue weighted by Gasteiger charge is -2.08. The third kappa shape index (κ3) is 3.66. The molecule has 1 amide bonds. The highest BCUT2D eigenvalue weighted by atomic mass is 19.4. The van der Waals surface area contributed by atoms with Gasteiger partial charge in [-0.25, -0.2) is 14.4 Å². The summed E-state index contributed by atoms with van der Waals surface area (Å²) in [6.07, 6.45) is -2.30. The maximum absolute atomic E-state index is 13.5. The number of benzene rings is 1. The summed E-state index contributed by atoms with van der Waals surface area (Å²) in [5.41, 5.74) is 0.203. The van der Waals surface area contributed by atoms with Gasteiger partial charge in [-0.15, -0.1) is 0 Å². The average molecular weight is 366 g/mol. The molecule has 1 aromatic carbocycles. The van der Waals surface area contributed by atoms with E-state index in [1.54, 1.807) is 12.3 Å². The van der Waals surface area contributed by atoms with Crippen LogP contribution in [0.25, 0.3) is 10.9 Å². The van der Waals surface area contributed by atoms with Crippen LogP contribution in [-0.2, 0) is 23.9 Å². The van der Waals surface area contributed by atoms with Crippen molar-refractivity contribution in [3.63, 3.8) is 0 Å². The number of aromatic nitrogens is 3. The van der Waals surface area contributed by atoms with E-state index < -0.39 is 23.6 Å². The number of hydrogen-bond acceptors (Lipinski definition) is 3. The van der Waals surface area contributed by atoms with Crippen LogP contribution in [0.15, 0.2) is 36.8 Å². The summed E-state index contributed by atoms with van der Waals surface area (Å²) in [5, 5.41) is 2.90. The Morgan fingerprint density at radius 2 is 2.00 bits per heavy atom. The predicted octanol–water partition coefficient (Wildman–Crippen LogP) is 3.79. The molecule has 3 rings (SSSR count). The minimum absolute atomic E-state index is 0.127. The maximum atomic E-state index is 13.5. The van der Waals surface area contributed by atoms with Gasteiger partial charge in [0.1, 0.15) is 23.7 Å². The van der Waals surface area contributed by atoms with Gasteiger partial charge in [-0.05, 0) is 30.7 Å². The molecule has 0 aliphatic heterocycles. The van der Waals surface area contributed by atoms with Crippen molar-refractivity contribution < 1.29 is 22.4 Å². The molecule has 2 aromatic heterocycles. The lowest BCUT2D eigenvalue weighted by atomic mass is 10.1. The maximum Gasteiger partial charge on any atom is 0.433 e. The molecular formula is C17H14F4N4O. The van der Waals surface area contributed by atoms with Crippen LogP contribution < -0.4 is 5.32 Å².